The molecule has 1 atom stereocenters. The molecule has 0 saturated carbocycles. The zero-order valence-corrected chi connectivity index (χ0v) is 14.5. The molecule has 8 heteroatoms. The van der Waals surface area contributed by atoms with Gasteiger partial charge in [-0.15, -0.1) is 21.5 Å². The third kappa shape index (κ3) is 4.48. The normalized spacial score (nSPS) is 14.4. The number of hydrogen-bond acceptors (Lipinski definition) is 7. The fraction of sp³-hybridized carbons (Fsp3) is 0.353. The molecule has 1 aromatic carbocycles. The van der Waals surface area contributed by atoms with Gasteiger partial charge in [-0.25, -0.2) is 4.98 Å². The van der Waals surface area contributed by atoms with Crippen molar-refractivity contribution in [2.45, 2.75) is 25.7 Å². The minimum atomic E-state index is -0.774. The molecule has 0 N–H and O–H groups in total. The lowest BCUT2D eigenvalue weighted by Crippen LogP contribution is -2.07. The van der Waals surface area contributed by atoms with Crippen LogP contribution in [0.3, 0.4) is 0 Å². The van der Waals surface area contributed by atoms with Crippen LogP contribution >= 0.6 is 11.3 Å². The third-order valence-electron chi connectivity index (χ3n) is 3.85. The summed E-state index contributed by atoms with van der Waals surface area (Å²) in [7, 11) is 0. The largest absolute Gasteiger partial charge is 0.462 e. The number of hydrogen-bond donors (Lipinski definition) is 0. The second-order valence-corrected chi connectivity index (χ2v) is 6.67. The summed E-state index contributed by atoms with van der Waals surface area (Å²) in [4.78, 5) is 20.4. The van der Waals surface area contributed by atoms with Gasteiger partial charge in [-0.2, -0.15) is 0 Å². The van der Waals surface area contributed by atoms with E-state index in [9.17, 15) is 10.1 Å². The Bertz CT molecular complexity index is 760. The Morgan fingerprint density at radius 3 is 2.88 bits per heavy atom. The van der Waals surface area contributed by atoms with E-state index in [4.69, 9.17) is 9.47 Å². The van der Waals surface area contributed by atoms with Crippen molar-refractivity contribution in [1.29, 1.82) is 0 Å². The van der Waals surface area contributed by atoms with Crippen molar-refractivity contribution in [1.82, 2.24) is 4.98 Å². The van der Waals surface area contributed by atoms with Crippen LogP contribution < -0.4 is 0 Å². The lowest BCUT2D eigenvalue weighted by atomic mass is 9.98. The topological polar surface area (TPSA) is 83.7 Å². The summed E-state index contributed by atoms with van der Waals surface area (Å²) in [5.74, 6) is 0.712. The summed E-state index contributed by atoms with van der Waals surface area (Å²) in [5.41, 5.74) is 2.04. The molecular weight excluding hydrogens is 344 g/mol. The Kier molecular flexibility index (Phi) is 5.49. The molecule has 0 spiro atoms. The van der Waals surface area contributed by atoms with Gasteiger partial charge in [0.1, 0.15) is 23.6 Å². The molecule has 0 fully saturated rings. The summed E-state index contributed by atoms with van der Waals surface area (Å²) in [6.07, 6.45) is 2.84. The van der Waals surface area contributed by atoms with Crippen LogP contribution in [0.2, 0.25) is 0 Å². The SMILES string of the molecule is Cc1nc(C(Cc2ccccc2)C2=COCO2)sc1CCO[N+](=O)[O-]. The molecule has 1 aromatic heterocycles. The highest BCUT2D eigenvalue weighted by atomic mass is 32.1. The van der Waals surface area contributed by atoms with Gasteiger partial charge in [0.15, 0.2) is 0 Å². The second-order valence-electron chi connectivity index (χ2n) is 5.56. The average Bonchev–Trinajstić information content (AvgIpc) is 3.24. The molecule has 132 valence electrons. The summed E-state index contributed by atoms with van der Waals surface area (Å²) in [6.45, 7) is 2.15. The Morgan fingerprint density at radius 1 is 1.40 bits per heavy atom. The van der Waals surface area contributed by atoms with Gasteiger partial charge in [-0.1, -0.05) is 30.3 Å². The minimum Gasteiger partial charge on any atom is -0.462 e. The van der Waals surface area contributed by atoms with E-state index in [-0.39, 0.29) is 19.3 Å². The molecule has 2 heterocycles. The van der Waals surface area contributed by atoms with E-state index in [0.29, 0.717) is 6.42 Å². The molecule has 1 aliphatic rings. The molecule has 3 rings (SSSR count). The van der Waals surface area contributed by atoms with E-state index >= 15 is 0 Å². The van der Waals surface area contributed by atoms with Gasteiger partial charge in [0, 0.05) is 11.3 Å². The molecule has 0 radical (unpaired) electrons. The fourth-order valence-electron chi connectivity index (χ4n) is 2.64. The fourth-order valence-corrected chi connectivity index (χ4v) is 3.79. The predicted molar refractivity (Wildman–Crippen MR) is 91.5 cm³/mol. The minimum absolute atomic E-state index is 0.0289. The van der Waals surface area contributed by atoms with Crippen LogP contribution in [0.5, 0.6) is 0 Å². The first-order valence-corrected chi connectivity index (χ1v) is 8.67. The van der Waals surface area contributed by atoms with E-state index < -0.39 is 5.09 Å². The van der Waals surface area contributed by atoms with Gasteiger partial charge in [0.25, 0.3) is 5.09 Å². The smallest absolute Gasteiger partial charge is 0.294 e. The summed E-state index contributed by atoms with van der Waals surface area (Å²) >= 11 is 1.54. The third-order valence-corrected chi connectivity index (χ3v) is 5.18. The van der Waals surface area contributed by atoms with Crippen LogP contribution in [0, 0.1) is 17.0 Å². The maximum atomic E-state index is 10.3. The highest BCUT2D eigenvalue weighted by molar-refractivity contribution is 7.11. The maximum Gasteiger partial charge on any atom is 0.294 e. The Balaban J connectivity index is 1.79. The van der Waals surface area contributed by atoms with Crippen molar-refractivity contribution in [2.24, 2.45) is 0 Å². The number of rotatable bonds is 8. The van der Waals surface area contributed by atoms with Crippen molar-refractivity contribution < 1.29 is 19.4 Å². The Hall–Kier alpha value is -2.61. The highest BCUT2D eigenvalue weighted by Crippen LogP contribution is 2.35. The maximum absolute atomic E-state index is 10.3. The lowest BCUT2D eigenvalue weighted by Gasteiger charge is -2.14. The van der Waals surface area contributed by atoms with Crippen LogP contribution in [0.1, 0.15) is 27.1 Å². The lowest BCUT2D eigenvalue weighted by molar-refractivity contribution is -0.757. The first kappa shape index (κ1) is 17.2. The molecule has 7 nitrogen and oxygen atoms in total. The number of thiazole rings is 1. The molecule has 0 amide bonds. The Morgan fingerprint density at radius 2 is 2.20 bits per heavy atom. The first-order valence-electron chi connectivity index (χ1n) is 7.85. The van der Waals surface area contributed by atoms with Gasteiger partial charge in [-0.3, -0.25) is 0 Å². The van der Waals surface area contributed by atoms with Gasteiger partial charge in [-0.05, 0) is 18.9 Å². The molecule has 0 saturated heterocycles. The number of ether oxygens (including phenoxy) is 2. The van der Waals surface area contributed by atoms with Crippen LogP contribution in [-0.2, 0) is 27.2 Å². The number of aromatic nitrogens is 1. The monoisotopic (exact) mass is 362 g/mol. The molecule has 1 aliphatic heterocycles. The average molecular weight is 362 g/mol. The zero-order chi connectivity index (χ0) is 17.6. The van der Waals surface area contributed by atoms with Crippen molar-refractivity contribution in [3.63, 3.8) is 0 Å². The van der Waals surface area contributed by atoms with Crippen LogP contribution in [0.25, 0.3) is 0 Å². The first-order chi connectivity index (χ1) is 12.1. The van der Waals surface area contributed by atoms with Gasteiger partial charge >= 0.3 is 0 Å². The van der Waals surface area contributed by atoms with E-state index in [1.54, 1.807) is 6.26 Å². The molecule has 2 aromatic rings. The van der Waals surface area contributed by atoms with E-state index in [1.807, 2.05) is 25.1 Å². The highest BCUT2D eigenvalue weighted by Gasteiger charge is 2.26. The van der Waals surface area contributed by atoms with Gasteiger partial charge in [0.2, 0.25) is 6.79 Å². The molecule has 0 bridgehead atoms. The molecule has 1 unspecified atom stereocenters. The second kappa shape index (κ2) is 7.98. The van der Waals surface area contributed by atoms with Crippen LogP contribution in [0.15, 0.2) is 42.4 Å². The van der Waals surface area contributed by atoms with Crippen molar-refractivity contribution >= 4 is 11.3 Å². The molecule has 0 aliphatic carbocycles. The number of nitrogens with zero attached hydrogens (tertiary/aromatic N) is 2. The summed E-state index contributed by atoms with van der Waals surface area (Å²) < 4.78 is 10.8. The zero-order valence-electron chi connectivity index (χ0n) is 13.7. The van der Waals surface area contributed by atoms with Crippen molar-refractivity contribution in [2.75, 3.05) is 13.4 Å². The molecular formula is C17H18N2O5S. The van der Waals surface area contributed by atoms with E-state index in [2.05, 4.69) is 22.0 Å². The standard InChI is InChI=1S/C17H18N2O5S/c1-12-16(7-8-24-19(20)21)25-17(18-12)14(15-10-22-11-23-15)9-13-5-3-2-4-6-13/h2-6,10,14H,7-9,11H2,1H3. The summed E-state index contributed by atoms with van der Waals surface area (Å²) in [6, 6.07) is 10.1. The predicted octanol–water partition coefficient (Wildman–Crippen LogP) is 3.37. The van der Waals surface area contributed by atoms with Crippen LogP contribution in [-0.4, -0.2) is 23.5 Å². The summed E-state index contributed by atoms with van der Waals surface area (Å²) in [5, 5.41) is 10.4. The van der Waals surface area contributed by atoms with E-state index in [0.717, 1.165) is 27.8 Å². The van der Waals surface area contributed by atoms with Gasteiger partial charge < -0.3 is 14.3 Å². The number of benzene rings is 1. The quantitative estimate of drug-likeness (QED) is 0.529. The van der Waals surface area contributed by atoms with Gasteiger partial charge in [0.05, 0.1) is 11.6 Å². The number of aryl methyl sites for hydroxylation is 1. The number of allylic oxidation sites excluding steroid dienone is 1. The van der Waals surface area contributed by atoms with Crippen molar-refractivity contribution in [3.8, 4) is 0 Å². The van der Waals surface area contributed by atoms with Crippen LogP contribution in [0.4, 0.5) is 0 Å². The van der Waals surface area contributed by atoms with E-state index in [1.165, 1.54) is 16.9 Å². The van der Waals surface area contributed by atoms with Crippen molar-refractivity contribution in [3.05, 3.63) is 73.6 Å². The molecule has 25 heavy (non-hydrogen) atoms. The Labute approximate surface area is 149 Å².